The summed E-state index contributed by atoms with van der Waals surface area (Å²) >= 11 is 0. The van der Waals surface area contributed by atoms with E-state index in [-0.39, 0.29) is 0 Å². The van der Waals surface area contributed by atoms with E-state index >= 15 is 0 Å². The summed E-state index contributed by atoms with van der Waals surface area (Å²) in [5.41, 5.74) is 9.46. The molecule has 8 rings (SSSR count). The van der Waals surface area contributed by atoms with Gasteiger partial charge in [0.25, 0.3) is 0 Å². The summed E-state index contributed by atoms with van der Waals surface area (Å²) in [5, 5.41) is 11.9. The first-order valence-electron chi connectivity index (χ1n) is 13.0. The van der Waals surface area contributed by atoms with Gasteiger partial charge in [0, 0.05) is 16.8 Å². The summed E-state index contributed by atoms with van der Waals surface area (Å²) in [6, 6.07) is 48.6. The standard InChI is InChI=1S/C34H23N5/c1-2-11-25(12-3-1)37-30-14-6-8-16-32(30)38(33-17-9-7-15-31(33)37)26-19-21-27(22-20-26)39-35-29-23-18-24-10-4-5-13-28(24)34(29)36-39/h1-23H. The molecule has 0 spiro atoms. The number of hydrogen-bond donors (Lipinski definition) is 0. The van der Waals surface area contributed by atoms with E-state index in [9.17, 15) is 0 Å². The molecular formula is C34H23N5. The minimum Gasteiger partial charge on any atom is -0.306 e. The van der Waals surface area contributed by atoms with Gasteiger partial charge in [0.05, 0.1) is 28.4 Å². The molecule has 1 aromatic heterocycles. The molecule has 1 aliphatic heterocycles. The van der Waals surface area contributed by atoms with Gasteiger partial charge in [-0.15, -0.1) is 10.2 Å². The summed E-state index contributed by atoms with van der Waals surface area (Å²) in [5.74, 6) is 0. The van der Waals surface area contributed by atoms with Gasteiger partial charge < -0.3 is 9.80 Å². The molecule has 0 unspecified atom stereocenters. The topological polar surface area (TPSA) is 37.2 Å². The second kappa shape index (κ2) is 8.57. The van der Waals surface area contributed by atoms with Crippen molar-refractivity contribution in [1.82, 2.24) is 15.0 Å². The van der Waals surface area contributed by atoms with Crippen LogP contribution >= 0.6 is 0 Å². The maximum atomic E-state index is 4.85. The van der Waals surface area contributed by atoms with E-state index in [2.05, 4.69) is 131 Å². The van der Waals surface area contributed by atoms with Crippen molar-refractivity contribution in [2.24, 2.45) is 0 Å². The predicted octanol–water partition coefficient (Wildman–Crippen LogP) is 8.83. The third kappa shape index (κ3) is 3.41. The Bertz CT molecular complexity index is 1930. The highest BCUT2D eigenvalue weighted by Gasteiger charge is 2.29. The maximum absolute atomic E-state index is 4.85. The fraction of sp³-hybridized carbons (Fsp3) is 0. The monoisotopic (exact) mass is 501 g/mol. The van der Waals surface area contributed by atoms with Gasteiger partial charge >= 0.3 is 0 Å². The second-order valence-corrected chi connectivity index (χ2v) is 9.64. The maximum Gasteiger partial charge on any atom is 0.121 e. The van der Waals surface area contributed by atoms with Crippen LogP contribution in [0.3, 0.4) is 0 Å². The van der Waals surface area contributed by atoms with Crippen LogP contribution < -0.4 is 9.80 Å². The van der Waals surface area contributed by atoms with E-state index < -0.39 is 0 Å². The number of benzene rings is 6. The Morgan fingerprint density at radius 1 is 0.385 bits per heavy atom. The molecule has 5 nitrogen and oxygen atoms in total. The van der Waals surface area contributed by atoms with E-state index in [0.717, 1.165) is 56.2 Å². The summed E-state index contributed by atoms with van der Waals surface area (Å²) in [4.78, 5) is 6.39. The van der Waals surface area contributed by atoms with Crippen LogP contribution in [0.15, 0.2) is 140 Å². The van der Waals surface area contributed by atoms with Crippen LogP contribution in [0.4, 0.5) is 34.1 Å². The highest BCUT2D eigenvalue weighted by atomic mass is 15.5. The number of fused-ring (bicyclic) bond motifs is 5. The van der Waals surface area contributed by atoms with Gasteiger partial charge in [0.2, 0.25) is 0 Å². The number of hydrogen-bond acceptors (Lipinski definition) is 4. The molecule has 184 valence electrons. The summed E-state index contributed by atoms with van der Waals surface area (Å²) < 4.78 is 0. The molecular weight excluding hydrogens is 478 g/mol. The molecule has 39 heavy (non-hydrogen) atoms. The minimum absolute atomic E-state index is 0.887. The van der Waals surface area contributed by atoms with Crippen molar-refractivity contribution in [3.8, 4) is 5.69 Å². The van der Waals surface area contributed by atoms with Crippen molar-refractivity contribution in [3.05, 3.63) is 140 Å². The Kier molecular flexibility index (Phi) is 4.76. The third-order valence-electron chi connectivity index (χ3n) is 7.36. The van der Waals surface area contributed by atoms with Gasteiger partial charge in [-0.3, -0.25) is 0 Å². The lowest BCUT2D eigenvalue weighted by molar-refractivity contribution is 0.766. The summed E-state index contributed by atoms with van der Waals surface area (Å²) in [7, 11) is 0. The van der Waals surface area contributed by atoms with Crippen molar-refractivity contribution in [2.45, 2.75) is 0 Å². The zero-order valence-electron chi connectivity index (χ0n) is 21.0. The zero-order chi connectivity index (χ0) is 25.8. The molecule has 1 aliphatic rings. The van der Waals surface area contributed by atoms with E-state index in [4.69, 9.17) is 10.2 Å². The lowest BCUT2D eigenvalue weighted by Gasteiger charge is -2.40. The van der Waals surface area contributed by atoms with Crippen LogP contribution in [-0.4, -0.2) is 15.0 Å². The first-order chi connectivity index (χ1) is 19.3. The van der Waals surface area contributed by atoms with Crippen LogP contribution in [0.5, 0.6) is 0 Å². The van der Waals surface area contributed by atoms with Crippen molar-refractivity contribution in [1.29, 1.82) is 0 Å². The molecule has 0 saturated heterocycles. The molecule has 0 saturated carbocycles. The summed E-state index contributed by atoms with van der Waals surface area (Å²) in [6.45, 7) is 0. The Hall–Kier alpha value is -5.42. The van der Waals surface area contributed by atoms with E-state index in [1.54, 1.807) is 4.80 Å². The van der Waals surface area contributed by atoms with E-state index in [0.29, 0.717) is 0 Å². The second-order valence-electron chi connectivity index (χ2n) is 9.64. The molecule has 0 amide bonds. The predicted molar refractivity (Wildman–Crippen MR) is 159 cm³/mol. The van der Waals surface area contributed by atoms with Crippen LogP contribution in [0.2, 0.25) is 0 Å². The van der Waals surface area contributed by atoms with Crippen LogP contribution in [0, 0.1) is 0 Å². The Morgan fingerprint density at radius 3 is 1.54 bits per heavy atom. The normalized spacial score (nSPS) is 12.5. The van der Waals surface area contributed by atoms with Crippen LogP contribution in [0.25, 0.3) is 27.5 Å². The highest BCUT2D eigenvalue weighted by molar-refractivity contribution is 6.04. The van der Waals surface area contributed by atoms with Gasteiger partial charge in [0.15, 0.2) is 0 Å². The Labute approximate surface area is 225 Å². The van der Waals surface area contributed by atoms with Gasteiger partial charge in [-0.2, -0.15) is 4.80 Å². The molecule has 2 heterocycles. The molecule has 0 fully saturated rings. The van der Waals surface area contributed by atoms with Gasteiger partial charge in [-0.1, -0.05) is 72.8 Å². The van der Waals surface area contributed by atoms with Crippen LogP contribution in [-0.2, 0) is 0 Å². The number of rotatable bonds is 3. The molecule has 0 N–H and O–H groups in total. The number of nitrogens with zero attached hydrogens (tertiary/aromatic N) is 5. The third-order valence-corrected chi connectivity index (χ3v) is 7.36. The van der Waals surface area contributed by atoms with Gasteiger partial charge in [-0.25, -0.2) is 0 Å². The van der Waals surface area contributed by atoms with Gasteiger partial charge in [0.1, 0.15) is 11.0 Å². The Morgan fingerprint density at radius 2 is 0.897 bits per heavy atom. The van der Waals surface area contributed by atoms with Gasteiger partial charge in [-0.05, 0) is 72.1 Å². The highest BCUT2D eigenvalue weighted by Crippen LogP contribution is 2.53. The average Bonchev–Trinajstić information content (AvgIpc) is 3.45. The van der Waals surface area contributed by atoms with Crippen molar-refractivity contribution >= 4 is 55.9 Å². The van der Waals surface area contributed by atoms with Crippen molar-refractivity contribution in [3.63, 3.8) is 0 Å². The minimum atomic E-state index is 0.887. The molecule has 7 aromatic rings. The molecule has 0 radical (unpaired) electrons. The van der Waals surface area contributed by atoms with Crippen molar-refractivity contribution < 1.29 is 0 Å². The molecule has 0 atom stereocenters. The quantitative estimate of drug-likeness (QED) is 0.242. The SMILES string of the molecule is c1ccc(N2c3ccccc3N(c3ccc(-n4nc5ccc6ccccc6c5n4)cc3)c3ccccc32)cc1. The smallest absolute Gasteiger partial charge is 0.121 e. The first kappa shape index (κ1) is 21.6. The number of anilines is 6. The lowest BCUT2D eigenvalue weighted by Crippen LogP contribution is -2.23. The fourth-order valence-corrected chi connectivity index (χ4v) is 5.58. The number of aromatic nitrogens is 3. The Balaban J connectivity index is 1.24. The first-order valence-corrected chi connectivity index (χ1v) is 13.0. The average molecular weight is 502 g/mol. The van der Waals surface area contributed by atoms with E-state index in [1.165, 1.54) is 5.39 Å². The molecule has 6 aromatic carbocycles. The zero-order valence-corrected chi connectivity index (χ0v) is 21.0. The fourth-order valence-electron chi connectivity index (χ4n) is 5.58. The van der Waals surface area contributed by atoms with Crippen molar-refractivity contribution in [2.75, 3.05) is 9.80 Å². The molecule has 0 aliphatic carbocycles. The largest absolute Gasteiger partial charge is 0.306 e. The molecule has 0 bridgehead atoms. The number of para-hydroxylation sites is 5. The summed E-state index contributed by atoms with van der Waals surface area (Å²) in [6.07, 6.45) is 0. The van der Waals surface area contributed by atoms with Crippen LogP contribution in [0.1, 0.15) is 0 Å². The lowest BCUT2D eigenvalue weighted by atomic mass is 10.0. The van der Waals surface area contributed by atoms with E-state index in [1.807, 2.05) is 18.2 Å². The molecule has 5 heteroatoms.